The molecule has 1 saturated heterocycles. The standard InChI is InChI=1S/C15H20O4/c1-13(2)6-14-9-4-3-8(13)10(14)5-11(16)15(14,18)7-19-12(9)17/h8-10,18H,3-7H2,1-2H3/t8-,9+,10-,14-,15-/m1/s1. The maximum atomic E-state index is 12.3. The van der Waals surface area contributed by atoms with Crippen LogP contribution in [0.25, 0.3) is 0 Å². The summed E-state index contributed by atoms with van der Waals surface area (Å²) in [5.41, 5.74) is -1.85. The molecule has 4 nitrogen and oxygen atoms in total. The molecule has 0 aromatic heterocycles. The molecule has 2 bridgehead atoms. The van der Waals surface area contributed by atoms with Crippen molar-refractivity contribution in [3.63, 3.8) is 0 Å². The number of hydrogen-bond donors (Lipinski definition) is 1. The van der Waals surface area contributed by atoms with E-state index in [2.05, 4.69) is 13.8 Å². The van der Waals surface area contributed by atoms with Crippen LogP contribution in [0.15, 0.2) is 0 Å². The molecular weight excluding hydrogens is 244 g/mol. The maximum Gasteiger partial charge on any atom is 0.309 e. The maximum absolute atomic E-state index is 12.3. The van der Waals surface area contributed by atoms with Gasteiger partial charge in [-0.2, -0.15) is 0 Å². The Morgan fingerprint density at radius 1 is 1.21 bits per heavy atom. The van der Waals surface area contributed by atoms with Gasteiger partial charge >= 0.3 is 5.97 Å². The average Bonchev–Trinajstić information content (AvgIpc) is 2.61. The van der Waals surface area contributed by atoms with Crippen LogP contribution in [-0.2, 0) is 14.3 Å². The van der Waals surface area contributed by atoms with Gasteiger partial charge in [-0.25, -0.2) is 0 Å². The first-order valence-electron chi connectivity index (χ1n) is 7.25. The lowest BCUT2D eigenvalue weighted by Gasteiger charge is -2.51. The summed E-state index contributed by atoms with van der Waals surface area (Å²) in [4.78, 5) is 24.5. The molecule has 0 unspecified atom stereocenters. The Labute approximate surface area is 112 Å². The molecular formula is C15H20O4. The molecule has 4 fully saturated rings. The number of cyclic esters (lactones) is 1. The zero-order valence-electron chi connectivity index (χ0n) is 11.4. The molecule has 19 heavy (non-hydrogen) atoms. The molecule has 104 valence electrons. The number of aliphatic hydroxyl groups is 1. The third kappa shape index (κ3) is 1.04. The monoisotopic (exact) mass is 264 g/mol. The van der Waals surface area contributed by atoms with Crippen LogP contribution in [0.2, 0.25) is 0 Å². The molecule has 0 radical (unpaired) electrons. The minimum Gasteiger partial charge on any atom is -0.462 e. The van der Waals surface area contributed by atoms with Crippen LogP contribution in [0.5, 0.6) is 0 Å². The van der Waals surface area contributed by atoms with Crippen LogP contribution in [0, 0.1) is 28.6 Å². The van der Waals surface area contributed by atoms with Gasteiger partial charge in [-0.05, 0) is 36.5 Å². The van der Waals surface area contributed by atoms with Crippen molar-refractivity contribution in [2.75, 3.05) is 6.61 Å². The molecule has 4 heteroatoms. The first kappa shape index (κ1) is 11.9. The predicted molar refractivity (Wildman–Crippen MR) is 66.1 cm³/mol. The topological polar surface area (TPSA) is 63.6 Å². The predicted octanol–water partition coefficient (Wildman–Crippen LogP) is 1.31. The number of Topliss-reactive ketones (excluding diaryl/α,β-unsaturated/α-hetero) is 1. The normalized spacial score (nSPS) is 53.9. The Morgan fingerprint density at radius 3 is 2.68 bits per heavy atom. The second-order valence-corrected chi connectivity index (χ2v) is 7.64. The lowest BCUT2D eigenvalue weighted by molar-refractivity contribution is -0.211. The second kappa shape index (κ2) is 3.05. The lowest BCUT2D eigenvalue weighted by atomic mass is 9.56. The quantitative estimate of drug-likeness (QED) is 0.670. The highest BCUT2D eigenvalue weighted by Gasteiger charge is 2.78. The van der Waals surface area contributed by atoms with Crippen molar-refractivity contribution in [3.05, 3.63) is 0 Å². The number of hydrogen-bond acceptors (Lipinski definition) is 4. The number of rotatable bonds is 0. The van der Waals surface area contributed by atoms with Crippen molar-refractivity contribution in [2.24, 2.45) is 28.6 Å². The molecule has 1 N–H and O–H groups in total. The van der Waals surface area contributed by atoms with Crippen LogP contribution >= 0.6 is 0 Å². The first-order chi connectivity index (χ1) is 8.83. The summed E-state index contributed by atoms with van der Waals surface area (Å²) in [7, 11) is 0. The Kier molecular flexibility index (Phi) is 1.91. The fraction of sp³-hybridized carbons (Fsp3) is 0.867. The number of ketones is 1. The molecule has 3 aliphatic carbocycles. The van der Waals surface area contributed by atoms with Gasteiger partial charge in [0, 0.05) is 11.8 Å². The van der Waals surface area contributed by atoms with Gasteiger partial charge < -0.3 is 9.84 Å². The second-order valence-electron chi connectivity index (χ2n) is 7.64. The average molecular weight is 264 g/mol. The highest BCUT2D eigenvalue weighted by Crippen LogP contribution is 2.74. The van der Waals surface area contributed by atoms with Crippen molar-refractivity contribution in [1.82, 2.24) is 0 Å². The van der Waals surface area contributed by atoms with Crippen molar-refractivity contribution in [3.8, 4) is 0 Å². The zero-order valence-corrected chi connectivity index (χ0v) is 11.4. The molecule has 4 aliphatic rings. The molecule has 0 aromatic carbocycles. The minimum absolute atomic E-state index is 0.0996. The van der Waals surface area contributed by atoms with Gasteiger partial charge in [0.25, 0.3) is 0 Å². The Morgan fingerprint density at radius 2 is 1.95 bits per heavy atom. The fourth-order valence-electron chi connectivity index (χ4n) is 6.01. The van der Waals surface area contributed by atoms with E-state index in [9.17, 15) is 14.7 Å². The highest BCUT2D eigenvalue weighted by atomic mass is 16.5. The van der Waals surface area contributed by atoms with Crippen LogP contribution in [0.1, 0.15) is 39.5 Å². The van der Waals surface area contributed by atoms with E-state index in [-0.39, 0.29) is 35.6 Å². The van der Waals surface area contributed by atoms with E-state index >= 15 is 0 Å². The van der Waals surface area contributed by atoms with Gasteiger partial charge in [0.1, 0.15) is 6.61 Å². The molecule has 1 heterocycles. The highest BCUT2D eigenvalue weighted by molar-refractivity contribution is 5.94. The first-order valence-corrected chi connectivity index (χ1v) is 7.25. The number of carbonyl (C=O) groups excluding carboxylic acids is 2. The Bertz CT molecular complexity index is 496. The zero-order chi connectivity index (χ0) is 13.6. The smallest absolute Gasteiger partial charge is 0.309 e. The Balaban J connectivity index is 1.95. The summed E-state index contributed by atoms with van der Waals surface area (Å²) in [6.07, 6.45) is 2.94. The van der Waals surface area contributed by atoms with E-state index < -0.39 is 11.0 Å². The molecule has 5 atom stereocenters. The summed E-state index contributed by atoms with van der Waals surface area (Å²) in [6.45, 7) is 4.32. The largest absolute Gasteiger partial charge is 0.462 e. The lowest BCUT2D eigenvalue weighted by Crippen LogP contribution is -2.63. The van der Waals surface area contributed by atoms with E-state index in [1.54, 1.807) is 0 Å². The van der Waals surface area contributed by atoms with Crippen molar-refractivity contribution >= 4 is 11.8 Å². The van der Waals surface area contributed by atoms with Crippen LogP contribution < -0.4 is 0 Å². The number of ether oxygens (including phenoxy) is 1. The van der Waals surface area contributed by atoms with Crippen molar-refractivity contribution in [2.45, 2.75) is 45.1 Å². The molecule has 1 spiro atoms. The van der Waals surface area contributed by atoms with Gasteiger partial charge in [0.15, 0.2) is 11.4 Å². The summed E-state index contributed by atoms with van der Waals surface area (Å²) >= 11 is 0. The van der Waals surface area contributed by atoms with Crippen molar-refractivity contribution < 1.29 is 19.4 Å². The molecule has 0 amide bonds. The third-order valence-corrected chi connectivity index (χ3v) is 6.63. The van der Waals surface area contributed by atoms with Gasteiger partial charge in [0.05, 0.1) is 5.92 Å². The van der Waals surface area contributed by atoms with Crippen LogP contribution in [0.3, 0.4) is 0 Å². The van der Waals surface area contributed by atoms with E-state index in [1.807, 2.05) is 0 Å². The van der Waals surface area contributed by atoms with E-state index in [4.69, 9.17) is 4.74 Å². The van der Waals surface area contributed by atoms with Crippen LogP contribution in [0.4, 0.5) is 0 Å². The molecule has 1 aliphatic heterocycles. The SMILES string of the molecule is CC1(C)C[C@@]23[C@@H]4CC(=O)[C@]2(O)COC(=O)[C@@H]3CC[C@H]41. The minimum atomic E-state index is -1.41. The summed E-state index contributed by atoms with van der Waals surface area (Å²) in [5, 5.41) is 11.0. The van der Waals surface area contributed by atoms with Crippen molar-refractivity contribution in [1.29, 1.82) is 0 Å². The van der Waals surface area contributed by atoms with Gasteiger partial charge in [-0.3, -0.25) is 9.59 Å². The third-order valence-electron chi connectivity index (χ3n) is 6.63. The fourth-order valence-corrected chi connectivity index (χ4v) is 6.01. The van der Waals surface area contributed by atoms with Gasteiger partial charge in [-0.15, -0.1) is 0 Å². The van der Waals surface area contributed by atoms with Crippen LogP contribution in [-0.4, -0.2) is 29.1 Å². The molecule has 0 aromatic rings. The van der Waals surface area contributed by atoms with E-state index in [0.717, 1.165) is 19.3 Å². The molecule has 4 rings (SSSR count). The number of carbonyl (C=O) groups is 2. The van der Waals surface area contributed by atoms with Gasteiger partial charge in [0.2, 0.25) is 0 Å². The summed E-state index contributed by atoms with van der Waals surface area (Å²) in [5.74, 6) is 0.0536. The van der Waals surface area contributed by atoms with E-state index in [1.165, 1.54) is 0 Å². The summed E-state index contributed by atoms with van der Waals surface area (Å²) < 4.78 is 5.15. The molecule has 3 saturated carbocycles. The van der Waals surface area contributed by atoms with E-state index in [0.29, 0.717) is 12.3 Å². The summed E-state index contributed by atoms with van der Waals surface area (Å²) in [6, 6.07) is 0. The van der Waals surface area contributed by atoms with Gasteiger partial charge in [-0.1, -0.05) is 13.8 Å². The number of esters is 1. The Hall–Kier alpha value is -0.900.